The van der Waals surface area contributed by atoms with E-state index >= 15 is 0 Å². The topological polar surface area (TPSA) is 136 Å². The minimum atomic E-state index is -0.794. The summed E-state index contributed by atoms with van der Waals surface area (Å²) in [7, 11) is 0. The molecule has 4 N–H and O–H groups in total. The molecule has 4 aromatic rings. The van der Waals surface area contributed by atoms with Crippen LogP contribution in [0.4, 0.5) is 0 Å². The highest BCUT2D eigenvalue weighted by molar-refractivity contribution is 7.12. The van der Waals surface area contributed by atoms with Crippen molar-refractivity contribution in [3.8, 4) is 27.9 Å². The van der Waals surface area contributed by atoms with Gasteiger partial charge >= 0.3 is 5.69 Å². The Balaban J connectivity index is 2.00. The summed E-state index contributed by atoms with van der Waals surface area (Å²) in [4.78, 5) is 35.8. The Morgan fingerprint density at radius 1 is 1.36 bits per heavy atom. The summed E-state index contributed by atoms with van der Waals surface area (Å²) in [6, 6.07) is 8.16. The highest BCUT2D eigenvalue weighted by atomic mass is 32.1. The van der Waals surface area contributed by atoms with Crippen LogP contribution in [0.1, 0.15) is 17.4 Å². The lowest BCUT2D eigenvalue weighted by molar-refractivity contribution is 0.0997. The van der Waals surface area contributed by atoms with Crippen molar-refractivity contribution in [1.82, 2.24) is 19.5 Å². The summed E-state index contributed by atoms with van der Waals surface area (Å²) in [5.41, 5.74) is 5.83. The fourth-order valence-electron chi connectivity index (χ4n) is 2.82. The van der Waals surface area contributed by atoms with Crippen molar-refractivity contribution in [3.63, 3.8) is 0 Å². The molecule has 10 heteroatoms. The van der Waals surface area contributed by atoms with Crippen LogP contribution < -0.4 is 16.2 Å². The van der Waals surface area contributed by atoms with E-state index in [1.165, 1.54) is 22.0 Å². The molecule has 0 aliphatic rings. The molecule has 0 bridgehead atoms. The summed E-state index contributed by atoms with van der Waals surface area (Å²) in [6.45, 7) is 2.15. The number of imidazole rings is 1. The number of carbonyl (C=O) groups excluding carboxylic acids is 1. The molecule has 0 aliphatic carbocycles. The molecular formula is C18H15N5O4S. The number of primary amides is 1. The van der Waals surface area contributed by atoms with Crippen molar-refractivity contribution in [3.05, 3.63) is 51.9 Å². The van der Waals surface area contributed by atoms with Crippen LogP contribution in [0, 0.1) is 0 Å². The Bertz CT molecular complexity index is 1240. The third-order valence-electron chi connectivity index (χ3n) is 4.01. The fraction of sp³-hybridized carbons (Fsp3) is 0.111. The number of hydrogen-bond acceptors (Lipinski definition) is 7. The largest absolute Gasteiger partial charge is 0.504 e. The fourth-order valence-corrected chi connectivity index (χ4v) is 3.55. The zero-order valence-electron chi connectivity index (χ0n) is 14.7. The van der Waals surface area contributed by atoms with Crippen molar-refractivity contribution >= 4 is 28.4 Å². The van der Waals surface area contributed by atoms with E-state index in [0.29, 0.717) is 17.2 Å². The number of carbonyl (C=O) groups is 1. The van der Waals surface area contributed by atoms with E-state index in [-0.39, 0.29) is 34.2 Å². The molecule has 0 fully saturated rings. The molecule has 4 rings (SSSR count). The van der Waals surface area contributed by atoms with E-state index < -0.39 is 11.6 Å². The Morgan fingerprint density at radius 2 is 2.18 bits per heavy atom. The maximum atomic E-state index is 12.5. The second kappa shape index (κ2) is 6.82. The molecule has 0 unspecified atom stereocenters. The van der Waals surface area contributed by atoms with Crippen LogP contribution in [0.15, 0.2) is 40.5 Å². The molecule has 0 spiro atoms. The number of nitrogens with two attached hydrogens (primary N) is 1. The first-order valence-corrected chi connectivity index (χ1v) is 9.20. The molecule has 0 aliphatic heterocycles. The number of aromatic nitrogens is 4. The van der Waals surface area contributed by atoms with Gasteiger partial charge in [-0.2, -0.15) is 0 Å². The summed E-state index contributed by atoms with van der Waals surface area (Å²) in [5.74, 6) is -0.392. The van der Waals surface area contributed by atoms with Crippen LogP contribution in [0.5, 0.6) is 11.5 Å². The van der Waals surface area contributed by atoms with Gasteiger partial charge < -0.3 is 20.6 Å². The van der Waals surface area contributed by atoms with Crippen molar-refractivity contribution in [2.45, 2.75) is 6.92 Å². The number of H-pyrrole nitrogens is 1. The second-order valence-electron chi connectivity index (χ2n) is 5.79. The predicted molar refractivity (Wildman–Crippen MR) is 104 cm³/mol. The highest BCUT2D eigenvalue weighted by Crippen LogP contribution is 2.31. The number of phenolic OH excluding ortho intramolecular Hbond substituents is 1. The number of rotatable bonds is 5. The van der Waals surface area contributed by atoms with Crippen LogP contribution in [0.3, 0.4) is 0 Å². The zero-order chi connectivity index (χ0) is 19.8. The van der Waals surface area contributed by atoms with Crippen LogP contribution in [0.2, 0.25) is 0 Å². The Morgan fingerprint density at radius 3 is 2.86 bits per heavy atom. The third-order valence-corrected chi connectivity index (χ3v) is 4.87. The SMILES string of the molecule is CCOc1cc(-c2nc(C(N)=O)c3[nH]c(=O)n(-c4cccs4)c3n2)ccc1O. The number of aromatic amines is 1. The van der Waals surface area contributed by atoms with Gasteiger partial charge in [-0.15, -0.1) is 11.3 Å². The molecule has 28 heavy (non-hydrogen) atoms. The number of amides is 1. The van der Waals surface area contributed by atoms with Gasteiger partial charge in [0.1, 0.15) is 10.5 Å². The highest BCUT2D eigenvalue weighted by Gasteiger charge is 2.21. The molecule has 3 heterocycles. The van der Waals surface area contributed by atoms with E-state index in [1.54, 1.807) is 31.2 Å². The van der Waals surface area contributed by atoms with Crippen molar-refractivity contribution in [2.75, 3.05) is 6.61 Å². The van der Waals surface area contributed by atoms with E-state index in [9.17, 15) is 14.7 Å². The molecule has 142 valence electrons. The van der Waals surface area contributed by atoms with E-state index in [0.717, 1.165) is 0 Å². The summed E-state index contributed by atoms with van der Waals surface area (Å²) in [6.07, 6.45) is 0. The molecule has 9 nitrogen and oxygen atoms in total. The molecule has 1 aromatic carbocycles. The maximum absolute atomic E-state index is 12.5. The number of nitrogens with one attached hydrogen (secondary N) is 1. The third kappa shape index (κ3) is 2.89. The smallest absolute Gasteiger partial charge is 0.333 e. The van der Waals surface area contributed by atoms with Crippen molar-refractivity contribution < 1.29 is 14.6 Å². The van der Waals surface area contributed by atoms with Gasteiger partial charge in [0.05, 0.1) is 6.61 Å². The number of thiophene rings is 1. The Hall–Kier alpha value is -3.66. The van der Waals surface area contributed by atoms with Crippen molar-refractivity contribution in [2.24, 2.45) is 5.73 Å². The molecule has 0 saturated heterocycles. The van der Waals surface area contributed by atoms with Crippen LogP contribution in [-0.2, 0) is 0 Å². The molecule has 0 saturated carbocycles. The van der Waals surface area contributed by atoms with Gasteiger partial charge in [0.2, 0.25) is 0 Å². The van der Waals surface area contributed by atoms with Gasteiger partial charge in [0.15, 0.2) is 28.7 Å². The minimum absolute atomic E-state index is 0.0288. The van der Waals surface area contributed by atoms with Crippen LogP contribution >= 0.6 is 11.3 Å². The van der Waals surface area contributed by atoms with E-state index in [4.69, 9.17) is 10.5 Å². The number of nitrogens with zero attached hydrogens (tertiary/aromatic N) is 3. The number of ether oxygens (including phenoxy) is 1. The zero-order valence-corrected chi connectivity index (χ0v) is 15.5. The van der Waals surface area contributed by atoms with Gasteiger partial charge in [0, 0.05) is 5.56 Å². The van der Waals surface area contributed by atoms with E-state index in [2.05, 4.69) is 15.0 Å². The van der Waals surface area contributed by atoms with Crippen molar-refractivity contribution in [1.29, 1.82) is 0 Å². The summed E-state index contributed by atoms with van der Waals surface area (Å²) < 4.78 is 6.76. The average Bonchev–Trinajstić information content (AvgIpc) is 3.29. The maximum Gasteiger partial charge on any atom is 0.333 e. The Kier molecular flexibility index (Phi) is 4.32. The first kappa shape index (κ1) is 17.7. The molecule has 3 aromatic heterocycles. The lowest BCUT2D eigenvalue weighted by Gasteiger charge is -2.09. The quantitative estimate of drug-likeness (QED) is 0.471. The number of benzene rings is 1. The summed E-state index contributed by atoms with van der Waals surface area (Å²) in [5, 5.41) is 12.4. The van der Waals surface area contributed by atoms with Gasteiger partial charge in [-0.1, -0.05) is 0 Å². The standard InChI is InChI=1S/C18H15N5O4S/c1-2-27-11-8-9(5-6-10(11)24)16-20-13(15(19)25)14-17(22-16)23(18(26)21-14)12-4-3-7-28-12/h3-8,24H,2H2,1H3,(H2,19,25)(H,21,26). The first-order chi connectivity index (χ1) is 13.5. The number of phenols is 1. The number of aromatic hydroxyl groups is 1. The van der Waals surface area contributed by atoms with Gasteiger partial charge in [-0.05, 0) is 42.6 Å². The van der Waals surface area contributed by atoms with Gasteiger partial charge in [0.25, 0.3) is 5.91 Å². The van der Waals surface area contributed by atoms with E-state index in [1.807, 2.05) is 5.38 Å². The monoisotopic (exact) mass is 397 g/mol. The van der Waals surface area contributed by atoms with Crippen LogP contribution in [0.25, 0.3) is 27.6 Å². The van der Waals surface area contributed by atoms with Gasteiger partial charge in [-0.3, -0.25) is 4.79 Å². The van der Waals surface area contributed by atoms with Crippen LogP contribution in [-0.4, -0.2) is 37.1 Å². The number of hydrogen-bond donors (Lipinski definition) is 3. The molecule has 0 atom stereocenters. The average molecular weight is 397 g/mol. The molecule has 1 amide bonds. The molecular weight excluding hydrogens is 382 g/mol. The Labute approximate surface area is 162 Å². The second-order valence-corrected chi connectivity index (χ2v) is 6.72. The molecule has 0 radical (unpaired) electrons. The predicted octanol–water partition coefficient (Wildman–Crippen LogP) is 2.04. The van der Waals surface area contributed by atoms with Gasteiger partial charge in [-0.25, -0.2) is 19.3 Å². The number of fused-ring (bicyclic) bond motifs is 1. The normalized spacial score (nSPS) is 11.0. The minimum Gasteiger partial charge on any atom is -0.504 e. The lowest BCUT2D eigenvalue weighted by Crippen LogP contribution is -2.15. The summed E-state index contributed by atoms with van der Waals surface area (Å²) >= 11 is 1.35. The lowest BCUT2D eigenvalue weighted by atomic mass is 10.2. The first-order valence-electron chi connectivity index (χ1n) is 8.32.